The third kappa shape index (κ3) is 5.58. The fourth-order valence-corrected chi connectivity index (χ4v) is 9.87. The van der Waals surface area contributed by atoms with E-state index in [0.717, 1.165) is 6.42 Å². The molecule has 6 aromatic carbocycles. The second-order valence-corrected chi connectivity index (χ2v) is 18.0. The first-order valence-electron chi connectivity index (χ1n) is 19.9. The molecule has 3 aliphatic rings. The Hall–Kier alpha value is -4.88. The zero-order chi connectivity index (χ0) is 36.7. The van der Waals surface area contributed by atoms with Gasteiger partial charge in [0.15, 0.2) is 0 Å². The summed E-state index contributed by atoms with van der Waals surface area (Å²) in [7, 11) is 0. The van der Waals surface area contributed by atoms with Crippen molar-refractivity contribution < 1.29 is 0 Å². The lowest BCUT2D eigenvalue weighted by molar-refractivity contribution is 0.332. The van der Waals surface area contributed by atoms with Crippen LogP contribution in [0.3, 0.4) is 0 Å². The molecule has 0 saturated heterocycles. The maximum atomic E-state index is 2.59. The lowest BCUT2D eigenvalue weighted by atomic mass is 9.62. The van der Waals surface area contributed by atoms with Crippen LogP contribution in [0.4, 0.5) is 17.1 Å². The third-order valence-electron chi connectivity index (χ3n) is 13.3. The molecule has 0 N–H and O–H groups in total. The van der Waals surface area contributed by atoms with Gasteiger partial charge in [0, 0.05) is 22.4 Å². The van der Waals surface area contributed by atoms with Gasteiger partial charge in [-0.3, -0.25) is 0 Å². The third-order valence-corrected chi connectivity index (χ3v) is 13.3. The lowest BCUT2D eigenvalue weighted by Gasteiger charge is -2.42. The van der Waals surface area contributed by atoms with Crippen molar-refractivity contribution in [3.63, 3.8) is 0 Å². The molecule has 1 heteroatoms. The summed E-state index contributed by atoms with van der Waals surface area (Å²) in [6.45, 7) is 17.0. The zero-order valence-corrected chi connectivity index (χ0v) is 32.7. The van der Waals surface area contributed by atoms with Gasteiger partial charge < -0.3 is 4.90 Å². The molecular formula is C52H53N. The summed E-state index contributed by atoms with van der Waals surface area (Å²) in [6, 6.07) is 46.7. The Morgan fingerprint density at radius 2 is 1.08 bits per heavy atom. The van der Waals surface area contributed by atoms with Crippen LogP contribution in [-0.4, -0.2) is 0 Å². The number of aryl methyl sites for hydroxylation is 3. The summed E-state index contributed by atoms with van der Waals surface area (Å²) >= 11 is 0. The average Bonchev–Trinajstić information content (AvgIpc) is 3.39. The number of rotatable bonds is 5. The maximum absolute atomic E-state index is 2.59. The van der Waals surface area contributed by atoms with E-state index < -0.39 is 0 Å². The number of hydrogen-bond donors (Lipinski definition) is 0. The standard InChI is InChI=1S/C52H53N/c1-34-29-47-48(51(4,5)28-27-50(47,2)3)32-42(34)44-31-43-41-19-13-14-20-45(41)52(6,7)46(43)33-49(44)53(40-26-23-36-17-11-12-18-38(36)30-40)39-24-21-37(22-25-39)35-15-9-8-10-16-35/h8-10,13-16,19-26,29-33H,11-12,17-18,27-28H2,1-7H3. The molecule has 266 valence electrons. The van der Waals surface area contributed by atoms with Crippen molar-refractivity contribution in [2.45, 2.75) is 103 Å². The molecule has 0 heterocycles. The highest BCUT2D eigenvalue weighted by Gasteiger charge is 2.40. The second kappa shape index (κ2) is 12.3. The average molecular weight is 692 g/mol. The topological polar surface area (TPSA) is 3.24 Å². The van der Waals surface area contributed by atoms with Gasteiger partial charge in [-0.25, -0.2) is 0 Å². The highest BCUT2D eigenvalue weighted by Crippen LogP contribution is 2.55. The molecule has 0 aliphatic heterocycles. The second-order valence-electron chi connectivity index (χ2n) is 18.0. The molecule has 0 fully saturated rings. The number of hydrogen-bond acceptors (Lipinski definition) is 1. The lowest BCUT2D eigenvalue weighted by Crippen LogP contribution is -2.34. The van der Waals surface area contributed by atoms with Crippen LogP contribution in [0.25, 0.3) is 33.4 Å². The van der Waals surface area contributed by atoms with Gasteiger partial charge >= 0.3 is 0 Å². The Balaban J connectivity index is 1.33. The molecular weight excluding hydrogens is 639 g/mol. The Kier molecular flexibility index (Phi) is 7.90. The summed E-state index contributed by atoms with van der Waals surface area (Å²) in [5.41, 5.74) is 21.9. The normalized spacial score (nSPS) is 17.3. The van der Waals surface area contributed by atoms with Gasteiger partial charge in [0.1, 0.15) is 0 Å². The Labute approximate surface area is 317 Å². The Bertz CT molecular complexity index is 2370. The zero-order valence-electron chi connectivity index (χ0n) is 32.7. The van der Waals surface area contributed by atoms with E-state index in [0.29, 0.717) is 0 Å². The van der Waals surface area contributed by atoms with Gasteiger partial charge in [0.2, 0.25) is 0 Å². The van der Waals surface area contributed by atoms with Crippen molar-refractivity contribution in [1.82, 2.24) is 0 Å². The molecule has 53 heavy (non-hydrogen) atoms. The summed E-state index contributed by atoms with van der Waals surface area (Å²) in [5, 5.41) is 0. The molecule has 0 spiro atoms. The fourth-order valence-electron chi connectivity index (χ4n) is 9.87. The highest BCUT2D eigenvalue weighted by molar-refractivity contribution is 5.96. The van der Waals surface area contributed by atoms with Crippen molar-refractivity contribution >= 4 is 17.1 Å². The van der Waals surface area contributed by atoms with Crippen LogP contribution in [0.5, 0.6) is 0 Å². The van der Waals surface area contributed by atoms with Gasteiger partial charge in [-0.05, 0) is 166 Å². The Morgan fingerprint density at radius 1 is 0.453 bits per heavy atom. The van der Waals surface area contributed by atoms with Crippen molar-refractivity contribution in [2.24, 2.45) is 0 Å². The van der Waals surface area contributed by atoms with Crippen LogP contribution in [0.15, 0.2) is 121 Å². The quantitative estimate of drug-likeness (QED) is 0.174. The first-order chi connectivity index (χ1) is 25.4. The molecule has 6 aromatic rings. The van der Waals surface area contributed by atoms with E-state index >= 15 is 0 Å². The number of nitrogens with zero attached hydrogens (tertiary/aromatic N) is 1. The smallest absolute Gasteiger partial charge is 0.0543 e. The van der Waals surface area contributed by atoms with Crippen LogP contribution in [0.1, 0.15) is 106 Å². The van der Waals surface area contributed by atoms with E-state index in [2.05, 4.69) is 175 Å². The molecule has 0 bridgehead atoms. The largest absolute Gasteiger partial charge is 0.310 e. The van der Waals surface area contributed by atoms with Gasteiger partial charge in [0.25, 0.3) is 0 Å². The predicted octanol–water partition coefficient (Wildman–Crippen LogP) is 14.3. The summed E-state index contributed by atoms with van der Waals surface area (Å²) in [4.78, 5) is 2.58. The van der Waals surface area contributed by atoms with E-state index in [-0.39, 0.29) is 16.2 Å². The SMILES string of the molecule is Cc1cc2c(cc1-c1cc3c(cc1N(c1ccc(-c4ccccc4)cc1)c1ccc4c(c1)CCCC4)C(C)(C)c1ccccc1-3)C(C)(C)CCC2(C)C. The van der Waals surface area contributed by atoms with Crippen molar-refractivity contribution in [2.75, 3.05) is 4.90 Å². The minimum Gasteiger partial charge on any atom is -0.310 e. The maximum Gasteiger partial charge on any atom is 0.0543 e. The van der Waals surface area contributed by atoms with E-state index in [1.54, 1.807) is 0 Å². The monoisotopic (exact) mass is 691 g/mol. The first-order valence-corrected chi connectivity index (χ1v) is 19.9. The van der Waals surface area contributed by atoms with Crippen molar-refractivity contribution in [3.8, 4) is 33.4 Å². The van der Waals surface area contributed by atoms with Crippen molar-refractivity contribution in [1.29, 1.82) is 0 Å². The highest BCUT2D eigenvalue weighted by atomic mass is 15.1. The molecule has 3 aliphatic carbocycles. The summed E-state index contributed by atoms with van der Waals surface area (Å²) < 4.78 is 0. The van der Waals surface area contributed by atoms with Crippen molar-refractivity contribution in [3.05, 3.63) is 160 Å². The molecule has 0 saturated carbocycles. The molecule has 0 atom stereocenters. The van der Waals surface area contributed by atoms with E-state index in [1.165, 1.54) is 121 Å². The van der Waals surface area contributed by atoms with Crippen LogP contribution < -0.4 is 4.90 Å². The molecule has 0 amide bonds. The number of fused-ring (bicyclic) bond motifs is 5. The molecule has 0 aromatic heterocycles. The van der Waals surface area contributed by atoms with Gasteiger partial charge in [-0.15, -0.1) is 0 Å². The van der Waals surface area contributed by atoms with Crippen LogP contribution in [0.2, 0.25) is 0 Å². The van der Waals surface area contributed by atoms with Gasteiger partial charge in [-0.1, -0.05) is 120 Å². The van der Waals surface area contributed by atoms with E-state index in [9.17, 15) is 0 Å². The fraction of sp³-hybridized carbons (Fsp3) is 0.308. The molecule has 0 radical (unpaired) electrons. The predicted molar refractivity (Wildman–Crippen MR) is 226 cm³/mol. The Morgan fingerprint density at radius 3 is 1.81 bits per heavy atom. The van der Waals surface area contributed by atoms with Gasteiger partial charge in [0.05, 0.1) is 5.69 Å². The first kappa shape index (κ1) is 33.9. The summed E-state index contributed by atoms with van der Waals surface area (Å²) in [5.74, 6) is 0. The molecule has 1 nitrogen and oxygen atoms in total. The molecule has 9 rings (SSSR count). The minimum absolute atomic E-state index is 0.115. The van der Waals surface area contributed by atoms with Gasteiger partial charge in [-0.2, -0.15) is 0 Å². The molecule has 0 unspecified atom stereocenters. The van der Waals surface area contributed by atoms with Crippen LogP contribution in [0, 0.1) is 6.92 Å². The van der Waals surface area contributed by atoms with E-state index in [1.807, 2.05) is 0 Å². The number of benzene rings is 6. The van der Waals surface area contributed by atoms with Crippen LogP contribution in [-0.2, 0) is 29.1 Å². The number of anilines is 3. The van der Waals surface area contributed by atoms with Crippen LogP contribution >= 0.6 is 0 Å². The van der Waals surface area contributed by atoms with E-state index in [4.69, 9.17) is 0 Å². The summed E-state index contributed by atoms with van der Waals surface area (Å²) in [6.07, 6.45) is 7.29. The minimum atomic E-state index is -0.116.